The van der Waals surface area contributed by atoms with Crippen LogP contribution >= 0.6 is 0 Å². The van der Waals surface area contributed by atoms with Crippen molar-refractivity contribution in [3.63, 3.8) is 0 Å². The number of aromatic nitrogens is 1. The standard InChI is InChI=1S/C16H27N3O/c1-12-10-15(13(2)19(12)14-6-7-14)16(20)11-17-8-5-9-18(3)4/h10,14,17H,5-9,11H2,1-4H3. The van der Waals surface area contributed by atoms with Crippen molar-refractivity contribution in [3.05, 3.63) is 23.0 Å². The molecule has 0 aromatic carbocycles. The van der Waals surface area contributed by atoms with Gasteiger partial charge in [0.05, 0.1) is 6.54 Å². The summed E-state index contributed by atoms with van der Waals surface area (Å²) >= 11 is 0. The molecule has 0 radical (unpaired) electrons. The van der Waals surface area contributed by atoms with Gasteiger partial charge in [-0.3, -0.25) is 4.79 Å². The molecule has 1 saturated carbocycles. The smallest absolute Gasteiger partial charge is 0.178 e. The van der Waals surface area contributed by atoms with Gasteiger partial charge in [0.1, 0.15) is 0 Å². The van der Waals surface area contributed by atoms with Gasteiger partial charge in [0.25, 0.3) is 0 Å². The van der Waals surface area contributed by atoms with Crippen LogP contribution in [-0.4, -0.2) is 49.0 Å². The molecular weight excluding hydrogens is 250 g/mol. The molecule has 0 unspecified atom stereocenters. The third-order valence-corrected chi connectivity index (χ3v) is 3.94. The summed E-state index contributed by atoms with van der Waals surface area (Å²) in [4.78, 5) is 14.4. The maximum absolute atomic E-state index is 12.3. The topological polar surface area (TPSA) is 37.3 Å². The molecule has 0 bridgehead atoms. The number of carbonyl (C=O) groups excluding carboxylic acids is 1. The number of ketones is 1. The van der Waals surface area contributed by atoms with Crippen molar-refractivity contribution in [2.45, 2.75) is 39.2 Å². The lowest BCUT2D eigenvalue weighted by atomic mass is 10.1. The van der Waals surface area contributed by atoms with Crippen LogP contribution in [0.3, 0.4) is 0 Å². The van der Waals surface area contributed by atoms with Crippen molar-refractivity contribution in [2.75, 3.05) is 33.7 Å². The second-order valence-corrected chi connectivity index (χ2v) is 6.14. The molecule has 1 aromatic heterocycles. The number of hydrogen-bond acceptors (Lipinski definition) is 3. The van der Waals surface area contributed by atoms with Crippen LogP contribution in [0, 0.1) is 13.8 Å². The van der Waals surface area contributed by atoms with Gasteiger partial charge in [0, 0.05) is 23.0 Å². The lowest BCUT2D eigenvalue weighted by Crippen LogP contribution is -2.26. The van der Waals surface area contributed by atoms with E-state index in [1.165, 1.54) is 18.5 Å². The first-order valence-electron chi connectivity index (χ1n) is 7.57. The number of hydrogen-bond donors (Lipinski definition) is 1. The fourth-order valence-corrected chi connectivity index (χ4v) is 2.77. The average Bonchev–Trinajstić information content (AvgIpc) is 3.15. The molecule has 2 rings (SSSR count). The molecule has 1 heterocycles. The van der Waals surface area contributed by atoms with Crippen LogP contribution in [0.2, 0.25) is 0 Å². The highest BCUT2D eigenvalue weighted by molar-refractivity contribution is 5.99. The second-order valence-electron chi connectivity index (χ2n) is 6.14. The molecule has 1 aliphatic carbocycles. The molecule has 0 spiro atoms. The number of nitrogens with zero attached hydrogens (tertiary/aromatic N) is 2. The maximum Gasteiger partial charge on any atom is 0.178 e. The van der Waals surface area contributed by atoms with E-state index in [-0.39, 0.29) is 5.78 Å². The van der Waals surface area contributed by atoms with Crippen molar-refractivity contribution < 1.29 is 4.79 Å². The van der Waals surface area contributed by atoms with E-state index >= 15 is 0 Å². The summed E-state index contributed by atoms with van der Waals surface area (Å²) in [5, 5.41) is 3.25. The molecular formula is C16H27N3O. The Labute approximate surface area is 122 Å². The third kappa shape index (κ3) is 3.70. The Bertz CT molecular complexity index is 472. The van der Waals surface area contributed by atoms with Gasteiger partial charge in [-0.1, -0.05) is 0 Å². The van der Waals surface area contributed by atoms with Gasteiger partial charge in [-0.2, -0.15) is 0 Å². The van der Waals surface area contributed by atoms with Gasteiger partial charge >= 0.3 is 0 Å². The highest BCUT2D eigenvalue weighted by Gasteiger charge is 2.28. The first kappa shape index (κ1) is 15.3. The maximum atomic E-state index is 12.3. The van der Waals surface area contributed by atoms with E-state index in [2.05, 4.69) is 48.8 Å². The predicted molar refractivity (Wildman–Crippen MR) is 82.5 cm³/mol. The molecule has 0 atom stereocenters. The molecule has 0 aliphatic heterocycles. The Morgan fingerprint density at radius 3 is 2.70 bits per heavy atom. The van der Waals surface area contributed by atoms with Crippen LogP contribution < -0.4 is 5.32 Å². The summed E-state index contributed by atoms with van der Waals surface area (Å²) in [6, 6.07) is 2.70. The zero-order chi connectivity index (χ0) is 14.7. The molecule has 20 heavy (non-hydrogen) atoms. The molecule has 1 N–H and O–H groups in total. The molecule has 1 aromatic rings. The zero-order valence-electron chi connectivity index (χ0n) is 13.2. The van der Waals surface area contributed by atoms with Crippen LogP contribution in [0.5, 0.6) is 0 Å². The summed E-state index contributed by atoms with van der Waals surface area (Å²) in [7, 11) is 4.13. The normalized spacial score (nSPS) is 15.1. The highest BCUT2D eigenvalue weighted by Crippen LogP contribution is 2.38. The van der Waals surface area contributed by atoms with Gasteiger partial charge in [0.15, 0.2) is 5.78 Å². The van der Waals surface area contributed by atoms with Crippen LogP contribution in [0.25, 0.3) is 0 Å². The van der Waals surface area contributed by atoms with E-state index in [1.54, 1.807) is 0 Å². The Morgan fingerprint density at radius 2 is 2.10 bits per heavy atom. The average molecular weight is 277 g/mol. The first-order chi connectivity index (χ1) is 9.50. The van der Waals surface area contributed by atoms with Gasteiger partial charge in [-0.05, 0) is 66.4 Å². The van der Waals surface area contributed by atoms with Gasteiger partial charge in [-0.15, -0.1) is 0 Å². The highest BCUT2D eigenvalue weighted by atomic mass is 16.1. The Hall–Kier alpha value is -1.13. The zero-order valence-corrected chi connectivity index (χ0v) is 13.2. The van der Waals surface area contributed by atoms with Crippen LogP contribution in [-0.2, 0) is 0 Å². The van der Waals surface area contributed by atoms with Gasteiger partial charge < -0.3 is 14.8 Å². The molecule has 1 fully saturated rings. The molecule has 112 valence electrons. The van der Waals surface area contributed by atoms with E-state index in [4.69, 9.17) is 0 Å². The minimum Gasteiger partial charge on any atom is -0.345 e. The molecule has 0 saturated heterocycles. The van der Waals surface area contributed by atoms with Crippen LogP contribution in [0.15, 0.2) is 6.07 Å². The van der Waals surface area contributed by atoms with Gasteiger partial charge in [-0.25, -0.2) is 0 Å². The summed E-state index contributed by atoms with van der Waals surface area (Å²) in [6.45, 7) is 6.57. The van der Waals surface area contributed by atoms with Crippen molar-refractivity contribution >= 4 is 5.78 Å². The van der Waals surface area contributed by atoms with E-state index in [0.29, 0.717) is 12.6 Å². The van der Waals surface area contributed by atoms with Gasteiger partial charge in [0.2, 0.25) is 0 Å². The summed E-state index contributed by atoms with van der Waals surface area (Å²) in [5.74, 6) is 0.217. The molecule has 4 nitrogen and oxygen atoms in total. The Balaban J connectivity index is 1.85. The van der Waals surface area contributed by atoms with Crippen molar-refractivity contribution in [3.8, 4) is 0 Å². The van der Waals surface area contributed by atoms with E-state index in [9.17, 15) is 4.79 Å². The summed E-state index contributed by atoms with van der Waals surface area (Å²) < 4.78 is 2.33. The fourth-order valence-electron chi connectivity index (χ4n) is 2.77. The van der Waals surface area contributed by atoms with Crippen LogP contribution in [0.4, 0.5) is 0 Å². The number of carbonyl (C=O) groups is 1. The second kappa shape index (κ2) is 6.55. The first-order valence-corrected chi connectivity index (χ1v) is 7.57. The SMILES string of the molecule is Cc1cc(C(=O)CNCCCN(C)C)c(C)n1C1CC1. The Kier molecular flexibility index (Phi) is 5.00. The Morgan fingerprint density at radius 1 is 1.40 bits per heavy atom. The lowest BCUT2D eigenvalue weighted by Gasteiger charge is -2.10. The van der Waals surface area contributed by atoms with Crippen molar-refractivity contribution in [1.82, 2.24) is 14.8 Å². The predicted octanol–water partition coefficient (Wildman–Crippen LogP) is 2.16. The molecule has 4 heteroatoms. The summed E-state index contributed by atoms with van der Waals surface area (Å²) in [5.41, 5.74) is 3.26. The summed E-state index contributed by atoms with van der Waals surface area (Å²) in [6.07, 6.45) is 3.58. The lowest BCUT2D eigenvalue weighted by molar-refractivity contribution is 0.0990. The largest absolute Gasteiger partial charge is 0.345 e. The quantitative estimate of drug-likeness (QED) is 0.584. The van der Waals surface area contributed by atoms with E-state index in [0.717, 1.165) is 30.8 Å². The van der Waals surface area contributed by atoms with Crippen LogP contribution in [0.1, 0.15) is 47.1 Å². The van der Waals surface area contributed by atoms with E-state index < -0.39 is 0 Å². The van der Waals surface area contributed by atoms with E-state index in [1.807, 2.05) is 0 Å². The van der Waals surface area contributed by atoms with Crippen molar-refractivity contribution in [2.24, 2.45) is 0 Å². The third-order valence-electron chi connectivity index (χ3n) is 3.94. The fraction of sp³-hybridized carbons (Fsp3) is 0.688. The number of nitrogens with one attached hydrogen (secondary N) is 1. The molecule has 0 amide bonds. The minimum atomic E-state index is 0.217. The number of rotatable bonds is 8. The number of aryl methyl sites for hydroxylation is 1. The number of Topliss-reactive ketones (excluding diaryl/α,β-unsaturated/α-hetero) is 1. The monoisotopic (exact) mass is 277 g/mol. The van der Waals surface area contributed by atoms with Crippen molar-refractivity contribution in [1.29, 1.82) is 0 Å². The minimum absolute atomic E-state index is 0.217. The molecule has 1 aliphatic rings.